The maximum Gasteiger partial charge on any atom is 0.309 e. The summed E-state index contributed by atoms with van der Waals surface area (Å²) in [6.07, 6.45) is 3.06. The number of ether oxygens (including phenoxy) is 4. The molecule has 1 aromatic rings. The molecule has 0 unspecified atom stereocenters. The van der Waals surface area contributed by atoms with E-state index in [-0.39, 0.29) is 30.0 Å². The molecular formula is C25H42N2O5. The fourth-order valence-electron chi connectivity index (χ4n) is 4.32. The Kier molecular flexibility index (Phi) is 10.7. The lowest BCUT2D eigenvalue weighted by Gasteiger charge is -2.29. The number of methoxy groups -OCH3 is 2. The first kappa shape index (κ1) is 26.4. The number of carbonyl (C=O) groups excluding carboxylic acids is 1. The van der Waals surface area contributed by atoms with Crippen LogP contribution in [0.2, 0.25) is 0 Å². The first-order valence-corrected chi connectivity index (χ1v) is 11.8. The van der Waals surface area contributed by atoms with E-state index in [4.69, 9.17) is 24.8 Å². The largest absolute Gasteiger partial charge is 0.493 e. The summed E-state index contributed by atoms with van der Waals surface area (Å²) < 4.78 is 22.2. The third kappa shape index (κ3) is 7.36. The summed E-state index contributed by atoms with van der Waals surface area (Å²) in [5.41, 5.74) is 4.12. The van der Waals surface area contributed by atoms with Crippen LogP contribution < -0.4 is 20.7 Å². The van der Waals surface area contributed by atoms with Gasteiger partial charge in [-0.2, -0.15) is 0 Å². The van der Waals surface area contributed by atoms with Gasteiger partial charge in [0.25, 0.3) is 0 Å². The van der Waals surface area contributed by atoms with Crippen LogP contribution in [0.5, 0.6) is 11.5 Å². The molecule has 0 amide bonds. The number of nitrogens with two attached hydrogens (primary N) is 1. The van der Waals surface area contributed by atoms with Crippen molar-refractivity contribution < 1.29 is 23.7 Å². The highest BCUT2D eigenvalue weighted by molar-refractivity contribution is 5.75. The second-order valence-corrected chi connectivity index (χ2v) is 9.46. The fraction of sp³-hybridized carbons (Fsp3) is 0.720. The second kappa shape index (κ2) is 13.0. The number of rotatable bonds is 14. The molecule has 0 spiro atoms. The van der Waals surface area contributed by atoms with Crippen LogP contribution in [0.1, 0.15) is 52.5 Å². The Morgan fingerprint density at radius 3 is 2.47 bits per heavy atom. The molecule has 1 aromatic carbocycles. The van der Waals surface area contributed by atoms with Gasteiger partial charge in [-0.1, -0.05) is 33.8 Å². The van der Waals surface area contributed by atoms with E-state index in [1.807, 2.05) is 6.07 Å². The van der Waals surface area contributed by atoms with Crippen molar-refractivity contribution in [3.05, 3.63) is 23.8 Å². The van der Waals surface area contributed by atoms with Gasteiger partial charge in [0.1, 0.15) is 6.10 Å². The molecule has 1 fully saturated rings. The molecule has 1 heterocycles. The monoisotopic (exact) mass is 450 g/mol. The predicted molar refractivity (Wildman–Crippen MR) is 126 cm³/mol. The summed E-state index contributed by atoms with van der Waals surface area (Å²) in [7, 11) is 3.34. The summed E-state index contributed by atoms with van der Waals surface area (Å²) in [6, 6.07) is 6.04. The van der Waals surface area contributed by atoms with Crippen molar-refractivity contribution >= 4 is 5.97 Å². The van der Waals surface area contributed by atoms with Crippen LogP contribution in [0.3, 0.4) is 0 Å². The van der Waals surface area contributed by atoms with Crippen LogP contribution in [0.4, 0.5) is 0 Å². The molecule has 0 saturated carbocycles. The van der Waals surface area contributed by atoms with Gasteiger partial charge in [0.05, 0.1) is 25.7 Å². The van der Waals surface area contributed by atoms with Crippen LogP contribution in [0.25, 0.3) is 0 Å². The van der Waals surface area contributed by atoms with Gasteiger partial charge in [0, 0.05) is 20.1 Å². The lowest BCUT2D eigenvalue weighted by molar-refractivity contribution is -0.146. The molecule has 4 atom stereocenters. The third-order valence-electron chi connectivity index (χ3n) is 6.50. The van der Waals surface area contributed by atoms with E-state index in [0.717, 1.165) is 37.2 Å². The summed E-state index contributed by atoms with van der Waals surface area (Å²) in [5, 5.41) is 0. The van der Waals surface area contributed by atoms with Gasteiger partial charge in [-0.15, -0.1) is 0 Å². The molecule has 7 heteroatoms. The average Bonchev–Trinajstić information content (AvgIpc) is 3.15. The van der Waals surface area contributed by atoms with Crippen LogP contribution in [0.15, 0.2) is 18.2 Å². The normalized spacial score (nSPS) is 20.5. The molecule has 1 saturated heterocycles. The molecule has 0 aliphatic carbocycles. The average molecular weight is 451 g/mol. The number of hydrogen-bond acceptors (Lipinski definition) is 7. The number of nitrogens with one attached hydrogen (secondary N) is 1. The standard InChI is InChI=1S/C25H42N2O5/c1-16(2)19(14-21(27-26)23-15-20(17(3)4)25(28)32-23)12-18-8-9-22(30-6)24(13-18)31-11-7-10-29-5/h8-9,13,16-17,19-21,23,27H,7,10-12,14-15,26H2,1-6H3/t19-,20-,21-,23-/m0/s1. The number of hydrazine groups is 1. The minimum absolute atomic E-state index is 0.0484. The maximum absolute atomic E-state index is 12.3. The SMILES string of the molecule is COCCCOc1cc(C[C@@H](C[C@H](NN)[C@@H]2C[C@@H](C(C)C)C(=O)O2)C(C)C)ccc1OC. The molecule has 3 N–H and O–H groups in total. The lowest BCUT2D eigenvalue weighted by atomic mass is 9.81. The molecule has 0 bridgehead atoms. The van der Waals surface area contributed by atoms with Gasteiger partial charge >= 0.3 is 5.97 Å². The molecule has 1 aliphatic rings. The van der Waals surface area contributed by atoms with E-state index in [2.05, 4.69) is 45.3 Å². The van der Waals surface area contributed by atoms with Crippen molar-refractivity contribution in [2.45, 2.75) is 65.5 Å². The van der Waals surface area contributed by atoms with Gasteiger partial charge in [0.15, 0.2) is 11.5 Å². The number of esters is 1. The lowest BCUT2D eigenvalue weighted by Crippen LogP contribution is -2.45. The number of hydrogen-bond donors (Lipinski definition) is 2. The first-order chi connectivity index (χ1) is 15.3. The molecular weight excluding hydrogens is 408 g/mol. The van der Waals surface area contributed by atoms with Crippen molar-refractivity contribution in [3.63, 3.8) is 0 Å². The first-order valence-electron chi connectivity index (χ1n) is 11.8. The number of cyclic esters (lactones) is 1. The molecule has 1 aliphatic heterocycles. The van der Waals surface area contributed by atoms with E-state index in [0.29, 0.717) is 25.0 Å². The van der Waals surface area contributed by atoms with Gasteiger partial charge in [0.2, 0.25) is 0 Å². The summed E-state index contributed by atoms with van der Waals surface area (Å²) in [6.45, 7) is 9.81. The summed E-state index contributed by atoms with van der Waals surface area (Å²) >= 11 is 0. The molecule has 2 rings (SSSR count). The Morgan fingerprint density at radius 1 is 1.16 bits per heavy atom. The van der Waals surface area contributed by atoms with Crippen molar-refractivity contribution in [1.29, 1.82) is 0 Å². The Bertz CT molecular complexity index is 710. The highest BCUT2D eigenvalue weighted by Gasteiger charge is 2.40. The van der Waals surface area contributed by atoms with Crippen LogP contribution in [-0.2, 0) is 20.7 Å². The number of carbonyl (C=O) groups is 1. The Labute approximate surface area is 193 Å². The van der Waals surface area contributed by atoms with Crippen molar-refractivity contribution in [3.8, 4) is 11.5 Å². The predicted octanol–water partition coefficient (Wildman–Crippen LogP) is 3.73. The van der Waals surface area contributed by atoms with E-state index in [1.165, 1.54) is 5.56 Å². The summed E-state index contributed by atoms with van der Waals surface area (Å²) in [5.74, 6) is 8.32. The molecule has 0 radical (unpaired) electrons. The maximum atomic E-state index is 12.3. The van der Waals surface area contributed by atoms with E-state index in [1.54, 1.807) is 14.2 Å². The smallest absolute Gasteiger partial charge is 0.309 e. The Hall–Kier alpha value is -1.83. The van der Waals surface area contributed by atoms with Crippen molar-refractivity contribution in [2.75, 3.05) is 27.4 Å². The molecule has 0 aromatic heterocycles. The summed E-state index contributed by atoms with van der Waals surface area (Å²) in [4.78, 5) is 12.3. The third-order valence-corrected chi connectivity index (χ3v) is 6.50. The van der Waals surface area contributed by atoms with E-state index < -0.39 is 0 Å². The molecule has 32 heavy (non-hydrogen) atoms. The van der Waals surface area contributed by atoms with Gasteiger partial charge in [-0.25, -0.2) is 0 Å². The topological polar surface area (TPSA) is 92.0 Å². The van der Waals surface area contributed by atoms with Crippen molar-refractivity contribution in [2.24, 2.45) is 29.5 Å². The Morgan fingerprint density at radius 2 is 1.91 bits per heavy atom. The van der Waals surface area contributed by atoms with Crippen LogP contribution >= 0.6 is 0 Å². The second-order valence-electron chi connectivity index (χ2n) is 9.46. The zero-order valence-corrected chi connectivity index (χ0v) is 20.6. The Balaban J connectivity index is 2.08. The highest BCUT2D eigenvalue weighted by Crippen LogP contribution is 2.34. The fourth-order valence-corrected chi connectivity index (χ4v) is 4.32. The van der Waals surface area contributed by atoms with E-state index in [9.17, 15) is 4.79 Å². The molecule has 182 valence electrons. The van der Waals surface area contributed by atoms with Gasteiger partial charge < -0.3 is 18.9 Å². The zero-order valence-electron chi connectivity index (χ0n) is 20.6. The van der Waals surface area contributed by atoms with Crippen molar-refractivity contribution in [1.82, 2.24) is 5.43 Å². The van der Waals surface area contributed by atoms with Crippen LogP contribution in [-0.4, -0.2) is 45.5 Å². The van der Waals surface area contributed by atoms with Crippen LogP contribution in [0, 0.1) is 23.7 Å². The van der Waals surface area contributed by atoms with Gasteiger partial charge in [-0.05, 0) is 54.7 Å². The highest BCUT2D eigenvalue weighted by atomic mass is 16.6. The zero-order chi connectivity index (χ0) is 23.7. The number of benzene rings is 1. The quantitative estimate of drug-likeness (QED) is 0.193. The minimum atomic E-state index is -0.184. The van der Waals surface area contributed by atoms with E-state index >= 15 is 0 Å². The molecule has 7 nitrogen and oxygen atoms in total. The van der Waals surface area contributed by atoms with Gasteiger partial charge in [-0.3, -0.25) is 16.1 Å². The minimum Gasteiger partial charge on any atom is -0.493 e.